The Hall–Kier alpha value is -0.190. The van der Waals surface area contributed by atoms with Crippen LogP contribution in [-0.4, -0.2) is 17.2 Å². The summed E-state index contributed by atoms with van der Waals surface area (Å²) in [6.45, 7) is 1.98. The molecule has 1 amide bonds. The zero-order valence-corrected chi connectivity index (χ0v) is 12.8. The minimum Gasteiger partial charge on any atom is -0.352 e. The fourth-order valence-corrected chi connectivity index (χ4v) is 4.15. The number of nitrogens with one attached hydrogen (secondary N) is 1. The normalized spacial score (nSPS) is 17.9. The van der Waals surface area contributed by atoms with E-state index in [9.17, 15) is 4.79 Å². The highest BCUT2D eigenvalue weighted by Crippen LogP contribution is 2.27. The number of hydrogen-bond donors (Lipinski definition) is 1. The number of carbonyl (C=O) groups is 1. The second kappa shape index (κ2) is 6.83. The Balaban J connectivity index is 1.73. The second-order valence-corrected chi connectivity index (χ2v) is 7.78. The predicted molar refractivity (Wildman–Crippen MR) is 80.5 cm³/mol. The molecule has 1 aromatic heterocycles. The molecule has 1 atom stereocenters. The van der Waals surface area contributed by atoms with Crippen LogP contribution >= 0.6 is 34.7 Å². The van der Waals surface area contributed by atoms with Gasteiger partial charge in [-0.15, -0.1) is 23.1 Å². The van der Waals surface area contributed by atoms with Crippen LogP contribution in [0.5, 0.6) is 0 Å². The topological polar surface area (TPSA) is 29.1 Å². The van der Waals surface area contributed by atoms with E-state index in [4.69, 9.17) is 11.6 Å². The molecular weight excluding hydrogens is 286 g/mol. The fourth-order valence-electron chi connectivity index (χ4n) is 2.10. The Morgan fingerprint density at radius 3 is 2.89 bits per heavy atom. The molecule has 0 radical (unpaired) electrons. The first-order valence-electron chi connectivity index (χ1n) is 6.31. The average molecular weight is 304 g/mol. The summed E-state index contributed by atoms with van der Waals surface area (Å²) < 4.78 is 0.814. The Morgan fingerprint density at radius 1 is 1.56 bits per heavy atom. The molecule has 1 fully saturated rings. The first-order chi connectivity index (χ1) is 8.65. The molecule has 0 unspecified atom stereocenters. The minimum atomic E-state index is 0.00600. The lowest BCUT2D eigenvalue weighted by atomic mass is 10.2. The summed E-state index contributed by atoms with van der Waals surface area (Å²) in [5, 5.41) is 3.14. The number of carbonyl (C=O) groups excluding carboxylic acids is 1. The average Bonchev–Trinajstić information content (AvgIpc) is 2.97. The van der Waals surface area contributed by atoms with Crippen molar-refractivity contribution in [3.05, 3.63) is 21.3 Å². The number of rotatable bonds is 5. The van der Waals surface area contributed by atoms with E-state index in [-0.39, 0.29) is 11.2 Å². The molecule has 0 aliphatic heterocycles. The molecule has 2 rings (SSSR count). The van der Waals surface area contributed by atoms with Gasteiger partial charge in [-0.3, -0.25) is 4.79 Å². The Bertz CT molecular complexity index is 401. The Kier molecular flexibility index (Phi) is 5.39. The van der Waals surface area contributed by atoms with E-state index >= 15 is 0 Å². The zero-order chi connectivity index (χ0) is 13.0. The third kappa shape index (κ3) is 4.18. The van der Waals surface area contributed by atoms with Crippen molar-refractivity contribution in [2.24, 2.45) is 0 Å². The largest absolute Gasteiger partial charge is 0.352 e. The maximum absolute atomic E-state index is 12.0. The summed E-state index contributed by atoms with van der Waals surface area (Å²) in [5.74, 6) is 1.03. The zero-order valence-electron chi connectivity index (χ0n) is 10.4. The summed E-state index contributed by atoms with van der Waals surface area (Å²) in [5.41, 5.74) is 0. The Morgan fingerprint density at radius 2 is 2.28 bits per heavy atom. The molecule has 5 heteroatoms. The van der Waals surface area contributed by atoms with Crippen molar-refractivity contribution >= 4 is 40.6 Å². The SMILES string of the molecule is C[C@H](SCc1ccc(Cl)s1)C(=O)NC1CCCC1. The molecule has 1 aliphatic carbocycles. The molecule has 1 aromatic rings. The van der Waals surface area contributed by atoms with Crippen LogP contribution in [0.25, 0.3) is 0 Å². The number of hydrogen-bond acceptors (Lipinski definition) is 3. The molecule has 0 aromatic carbocycles. The molecule has 2 nitrogen and oxygen atoms in total. The third-order valence-corrected chi connectivity index (χ3v) is 5.78. The summed E-state index contributed by atoms with van der Waals surface area (Å²) >= 11 is 9.14. The summed E-state index contributed by atoms with van der Waals surface area (Å²) in [6, 6.07) is 4.35. The van der Waals surface area contributed by atoms with Gasteiger partial charge < -0.3 is 5.32 Å². The van der Waals surface area contributed by atoms with Crippen LogP contribution < -0.4 is 5.32 Å². The molecule has 0 bridgehead atoms. The van der Waals surface area contributed by atoms with Crippen LogP contribution in [0.15, 0.2) is 12.1 Å². The van der Waals surface area contributed by atoms with E-state index in [1.807, 2.05) is 19.1 Å². The molecule has 0 saturated heterocycles. The second-order valence-electron chi connectivity index (χ2n) is 4.65. The van der Waals surface area contributed by atoms with Gasteiger partial charge in [-0.25, -0.2) is 0 Å². The Labute approximate surface area is 121 Å². The lowest BCUT2D eigenvalue weighted by Gasteiger charge is -2.16. The summed E-state index contributed by atoms with van der Waals surface area (Å²) in [4.78, 5) is 13.2. The highest BCUT2D eigenvalue weighted by Gasteiger charge is 2.20. The summed E-state index contributed by atoms with van der Waals surface area (Å²) in [6.07, 6.45) is 4.79. The maximum atomic E-state index is 12.0. The number of thioether (sulfide) groups is 1. The molecule has 1 saturated carbocycles. The molecule has 100 valence electrons. The molecule has 1 heterocycles. The van der Waals surface area contributed by atoms with Crippen molar-refractivity contribution in [1.29, 1.82) is 0 Å². The van der Waals surface area contributed by atoms with Gasteiger partial charge in [0.05, 0.1) is 9.59 Å². The van der Waals surface area contributed by atoms with Gasteiger partial charge >= 0.3 is 0 Å². The van der Waals surface area contributed by atoms with Crippen LogP contribution in [0.4, 0.5) is 0 Å². The van der Waals surface area contributed by atoms with Gasteiger partial charge in [-0.1, -0.05) is 24.4 Å². The number of thiophene rings is 1. The molecular formula is C13H18ClNOS2. The van der Waals surface area contributed by atoms with Gasteiger partial charge in [0.2, 0.25) is 5.91 Å². The highest BCUT2D eigenvalue weighted by atomic mass is 35.5. The van der Waals surface area contributed by atoms with Crippen molar-refractivity contribution in [3.8, 4) is 0 Å². The van der Waals surface area contributed by atoms with E-state index in [1.54, 1.807) is 23.1 Å². The van der Waals surface area contributed by atoms with Crippen molar-refractivity contribution in [2.75, 3.05) is 0 Å². The van der Waals surface area contributed by atoms with Gasteiger partial charge in [-0.05, 0) is 31.9 Å². The van der Waals surface area contributed by atoms with Gasteiger partial charge in [0.15, 0.2) is 0 Å². The summed E-state index contributed by atoms with van der Waals surface area (Å²) in [7, 11) is 0. The van der Waals surface area contributed by atoms with Gasteiger partial charge in [0, 0.05) is 16.7 Å². The lowest BCUT2D eigenvalue weighted by Crippen LogP contribution is -2.37. The molecule has 1 aliphatic rings. The first kappa shape index (κ1) is 14.2. The molecule has 18 heavy (non-hydrogen) atoms. The number of amides is 1. The monoisotopic (exact) mass is 303 g/mol. The number of halogens is 1. The quantitative estimate of drug-likeness (QED) is 0.888. The molecule has 0 spiro atoms. The van der Waals surface area contributed by atoms with Crippen LogP contribution in [0, 0.1) is 0 Å². The van der Waals surface area contributed by atoms with E-state index in [0.29, 0.717) is 6.04 Å². The van der Waals surface area contributed by atoms with Crippen LogP contribution in [0.2, 0.25) is 4.34 Å². The van der Waals surface area contributed by atoms with Crippen LogP contribution in [-0.2, 0) is 10.5 Å². The predicted octanol–water partition coefficient (Wildman–Crippen LogP) is 4.08. The minimum absolute atomic E-state index is 0.00600. The van der Waals surface area contributed by atoms with Crippen molar-refractivity contribution in [1.82, 2.24) is 5.32 Å². The fraction of sp³-hybridized carbons (Fsp3) is 0.615. The van der Waals surface area contributed by atoms with Crippen molar-refractivity contribution in [3.63, 3.8) is 0 Å². The van der Waals surface area contributed by atoms with E-state index in [1.165, 1.54) is 17.7 Å². The van der Waals surface area contributed by atoms with Crippen LogP contribution in [0.3, 0.4) is 0 Å². The first-order valence-corrected chi connectivity index (χ1v) is 8.55. The van der Waals surface area contributed by atoms with E-state index in [0.717, 1.165) is 22.9 Å². The lowest BCUT2D eigenvalue weighted by molar-refractivity contribution is -0.120. The van der Waals surface area contributed by atoms with Gasteiger partial charge in [-0.2, -0.15) is 0 Å². The molecule has 1 N–H and O–H groups in total. The highest BCUT2D eigenvalue weighted by molar-refractivity contribution is 7.99. The van der Waals surface area contributed by atoms with Crippen LogP contribution in [0.1, 0.15) is 37.5 Å². The maximum Gasteiger partial charge on any atom is 0.233 e. The smallest absolute Gasteiger partial charge is 0.233 e. The van der Waals surface area contributed by atoms with E-state index < -0.39 is 0 Å². The standard InChI is InChI=1S/C13H18ClNOS2/c1-9(13(16)15-10-4-2-3-5-10)17-8-11-6-7-12(14)18-11/h6-7,9-10H,2-5,8H2,1H3,(H,15,16)/t9-/m0/s1. The van der Waals surface area contributed by atoms with E-state index in [2.05, 4.69) is 5.32 Å². The third-order valence-electron chi connectivity index (χ3n) is 3.18. The van der Waals surface area contributed by atoms with Gasteiger partial charge in [0.25, 0.3) is 0 Å². The van der Waals surface area contributed by atoms with Crippen molar-refractivity contribution < 1.29 is 4.79 Å². The van der Waals surface area contributed by atoms with Crippen molar-refractivity contribution in [2.45, 2.75) is 49.7 Å². The van der Waals surface area contributed by atoms with Gasteiger partial charge in [0.1, 0.15) is 0 Å².